The fraction of sp³-hybridized carbons (Fsp3) is 0.562. The molecule has 0 aliphatic rings. The highest BCUT2D eigenvalue weighted by Gasteiger charge is 2.52. The Morgan fingerprint density at radius 3 is 2.12 bits per heavy atom. The molecule has 0 aliphatic carbocycles. The number of carbonyl (C=O) groups excluding carboxylic acids is 1. The first-order valence-corrected chi connectivity index (χ1v) is 7.56. The third-order valence-electron chi connectivity index (χ3n) is 3.93. The van der Waals surface area contributed by atoms with E-state index in [1.807, 2.05) is 0 Å². The number of aliphatic hydroxyl groups is 1. The van der Waals surface area contributed by atoms with Crippen LogP contribution < -0.4 is 5.73 Å². The van der Waals surface area contributed by atoms with Crippen LogP contribution in [-0.2, 0) is 21.3 Å². The summed E-state index contributed by atoms with van der Waals surface area (Å²) in [6, 6.07) is 0.144. The smallest absolute Gasteiger partial charge is 0.381 e. The van der Waals surface area contributed by atoms with E-state index in [4.69, 9.17) is 10.5 Å². The van der Waals surface area contributed by atoms with Crippen LogP contribution >= 0.6 is 0 Å². The lowest BCUT2D eigenvalue weighted by molar-refractivity contribution is -0.259. The molecule has 0 heterocycles. The standard InChI is InChI=1S/C16H19F6NO3/c1-3-26-8-10(7-24)13(23)9-4-11(14(2,25)16(20,21)22)6-12(5-9)15(17,18)19/h4-7,10,13,25H,3,8,23H2,1-2H3/t10?,13-,14?/m1/s1. The summed E-state index contributed by atoms with van der Waals surface area (Å²) in [5, 5.41) is 9.73. The molecule has 1 rings (SSSR count). The van der Waals surface area contributed by atoms with E-state index in [9.17, 15) is 36.2 Å². The van der Waals surface area contributed by atoms with Crippen molar-refractivity contribution in [2.24, 2.45) is 11.7 Å². The topological polar surface area (TPSA) is 72.5 Å². The van der Waals surface area contributed by atoms with E-state index in [2.05, 4.69) is 0 Å². The maximum atomic E-state index is 13.1. The molecule has 4 nitrogen and oxygen atoms in total. The zero-order chi connectivity index (χ0) is 20.3. The van der Waals surface area contributed by atoms with Gasteiger partial charge in [0, 0.05) is 12.6 Å². The number of rotatable bonds is 7. The predicted octanol–water partition coefficient (Wildman–Crippen LogP) is 3.33. The summed E-state index contributed by atoms with van der Waals surface area (Å²) in [4.78, 5) is 11.1. The lowest BCUT2D eigenvalue weighted by Crippen LogP contribution is -2.39. The van der Waals surface area contributed by atoms with Crippen LogP contribution in [0.5, 0.6) is 0 Å². The normalized spacial score (nSPS) is 17.5. The van der Waals surface area contributed by atoms with Crippen molar-refractivity contribution < 1.29 is 41.0 Å². The first-order chi connectivity index (χ1) is 11.8. The van der Waals surface area contributed by atoms with Crippen LogP contribution in [-0.4, -0.2) is 30.8 Å². The Kier molecular flexibility index (Phi) is 6.83. The Labute approximate surface area is 145 Å². The predicted molar refractivity (Wildman–Crippen MR) is 80.0 cm³/mol. The molecule has 10 heteroatoms. The van der Waals surface area contributed by atoms with Crippen molar-refractivity contribution in [3.63, 3.8) is 0 Å². The number of ether oxygens (including phenoxy) is 1. The molecule has 0 aromatic heterocycles. The highest BCUT2D eigenvalue weighted by atomic mass is 19.4. The van der Waals surface area contributed by atoms with Gasteiger partial charge in [0.25, 0.3) is 0 Å². The Hall–Kier alpha value is -1.65. The monoisotopic (exact) mass is 387 g/mol. The van der Waals surface area contributed by atoms with Crippen molar-refractivity contribution in [3.05, 3.63) is 34.9 Å². The Morgan fingerprint density at radius 1 is 1.15 bits per heavy atom. The molecule has 0 saturated heterocycles. The van der Waals surface area contributed by atoms with Crippen molar-refractivity contribution in [1.29, 1.82) is 0 Å². The Balaban J connectivity index is 3.49. The molecule has 0 spiro atoms. The quantitative estimate of drug-likeness (QED) is 0.556. The highest BCUT2D eigenvalue weighted by Crippen LogP contribution is 2.42. The fourth-order valence-electron chi connectivity index (χ4n) is 2.18. The number of alkyl halides is 6. The number of hydrogen-bond donors (Lipinski definition) is 2. The van der Waals surface area contributed by atoms with Gasteiger partial charge in [-0.2, -0.15) is 26.3 Å². The van der Waals surface area contributed by atoms with Gasteiger partial charge in [-0.3, -0.25) is 0 Å². The number of nitrogens with two attached hydrogens (primary N) is 1. The highest BCUT2D eigenvalue weighted by molar-refractivity contribution is 5.56. The maximum Gasteiger partial charge on any atom is 0.421 e. The fourth-order valence-corrected chi connectivity index (χ4v) is 2.18. The Bertz CT molecular complexity index is 627. The van der Waals surface area contributed by atoms with Gasteiger partial charge in [0.15, 0.2) is 5.60 Å². The van der Waals surface area contributed by atoms with Gasteiger partial charge >= 0.3 is 12.4 Å². The molecule has 3 atom stereocenters. The number of hydrogen-bond acceptors (Lipinski definition) is 4. The Morgan fingerprint density at radius 2 is 1.69 bits per heavy atom. The van der Waals surface area contributed by atoms with E-state index < -0.39 is 41.0 Å². The van der Waals surface area contributed by atoms with Crippen LogP contribution in [0.3, 0.4) is 0 Å². The second-order valence-electron chi connectivity index (χ2n) is 5.90. The third kappa shape index (κ3) is 4.95. The summed E-state index contributed by atoms with van der Waals surface area (Å²) in [6.45, 7) is 1.97. The summed E-state index contributed by atoms with van der Waals surface area (Å²) in [5.41, 5.74) is -0.544. The second-order valence-corrected chi connectivity index (χ2v) is 5.90. The average Bonchev–Trinajstić information content (AvgIpc) is 2.53. The number of benzene rings is 1. The molecule has 3 N–H and O–H groups in total. The molecular weight excluding hydrogens is 368 g/mol. The first-order valence-electron chi connectivity index (χ1n) is 7.56. The number of aldehydes is 1. The van der Waals surface area contributed by atoms with Crippen LogP contribution in [0.25, 0.3) is 0 Å². The van der Waals surface area contributed by atoms with Gasteiger partial charge in [-0.05, 0) is 37.1 Å². The molecule has 0 radical (unpaired) electrons. The summed E-state index contributed by atoms with van der Waals surface area (Å²) in [7, 11) is 0. The van der Waals surface area contributed by atoms with Crippen LogP contribution in [0.4, 0.5) is 26.3 Å². The van der Waals surface area contributed by atoms with E-state index in [1.165, 1.54) is 0 Å². The molecule has 26 heavy (non-hydrogen) atoms. The van der Waals surface area contributed by atoms with E-state index in [0.717, 1.165) is 6.07 Å². The van der Waals surface area contributed by atoms with Crippen molar-refractivity contribution in [3.8, 4) is 0 Å². The minimum Gasteiger partial charge on any atom is -0.381 e. The zero-order valence-corrected chi connectivity index (χ0v) is 14.0. The van der Waals surface area contributed by atoms with Gasteiger partial charge in [0.2, 0.25) is 0 Å². The minimum atomic E-state index is -5.21. The summed E-state index contributed by atoms with van der Waals surface area (Å²) < 4.78 is 83.4. The molecule has 0 fully saturated rings. The van der Waals surface area contributed by atoms with Crippen LogP contribution in [0, 0.1) is 5.92 Å². The van der Waals surface area contributed by atoms with Crippen LogP contribution in [0.15, 0.2) is 18.2 Å². The van der Waals surface area contributed by atoms with E-state index in [0.29, 0.717) is 19.3 Å². The molecule has 0 aliphatic heterocycles. The summed E-state index contributed by atoms with van der Waals surface area (Å²) in [6.07, 6.45) is -9.82. The minimum absolute atomic E-state index is 0.206. The van der Waals surface area contributed by atoms with E-state index in [-0.39, 0.29) is 24.8 Å². The third-order valence-corrected chi connectivity index (χ3v) is 3.93. The van der Waals surface area contributed by atoms with Crippen molar-refractivity contribution in [2.45, 2.75) is 37.8 Å². The molecule has 0 saturated carbocycles. The zero-order valence-electron chi connectivity index (χ0n) is 14.0. The number of halogens is 6. The summed E-state index contributed by atoms with van der Waals surface area (Å²) >= 11 is 0. The molecule has 2 unspecified atom stereocenters. The molecule has 0 bridgehead atoms. The van der Waals surface area contributed by atoms with E-state index >= 15 is 0 Å². The molecule has 1 aromatic carbocycles. The van der Waals surface area contributed by atoms with Crippen molar-refractivity contribution >= 4 is 6.29 Å². The van der Waals surface area contributed by atoms with Crippen molar-refractivity contribution in [2.75, 3.05) is 13.2 Å². The molecular formula is C16H19F6NO3. The van der Waals surface area contributed by atoms with Crippen molar-refractivity contribution in [1.82, 2.24) is 0 Å². The van der Waals surface area contributed by atoms with Crippen LogP contribution in [0.2, 0.25) is 0 Å². The lowest BCUT2D eigenvalue weighted by Gasteiger charge is -2.29. The summed E-state index contributed by atoms with van der Waals surface area (Å²) in [5.74, 6) is -1.07. The SMILES string of the molecule is CCOCC(C=O)[C@H](N)c1cc(C(F)(F)F)cc(C(C)(O)C(F)(F)F)c1. The van der Waals surface area contributed by atoms with Crippen LogP contribution in [0.1, 0.15) is 36.6 Å². The van der Waals surface area contributed by atoms with Gasteiger partial charge in [-0.25, -0.2) is 0 Å². The van der Waals surface area contributed by atoms with Gasteiger partial charge in [-0.15, -0.1) is 0 Å². The van der Waals surface area contributed by atoms with Gasteiger partial charge in [-0.1, -0.05) is 6.07 Å². The van der Waals surface area contributed by atoms with Gasteiger partial charge in [0.05, 0.1) is 18.1 Å². The molecule has 148 valence electrons. The van der Waals surface area contributed by atoms with Gasteiger partial charge < -0.3 is 20.4 Å². The average molecular weight is 387 g/mol. The van der Waals surface area contributed by atoms with E-state index in [1.54, 1.807) is 6.92 Å². The molecule has 1 aromatic rings. The lowest BCUT2D eigenvalue weighted by atomic mass is 9.87. The second kappa shape index (κ2) is 7.93. The maximum absolute atomic E-state index is 13.1. The van der Waals surface area contributed by atoms with Gasteiger partial charge in [0.1, 0.15) is 6.29 Å². The number of carbonyl (C=O) groups is 1. The molecule has 0 amide bonds. The first kappa shape index (κ1) is 22.4. The largest absolute Gasteiger partial charge is 0.421 e.